The van der Waals surface area contributed by atoms with Crippen LogP contribution >= 0.6 is 15.6 Å². The molecule has 0 saturated carbocycles. The Kier molecular flexibility index (Phi) is 64.0. The monoisotopic (exact) mass is 1340 g/mol. The molecular weight excluding hydrogens is 1200 g/mol. The number of carbonyl (C=O) groups is 4. The first-order valence-electron chi connectivity index (χ1n) is 37.7. The number of aliphatic hydroxyl groups excluding tert-OH is 1. The molecule has 0 radical (unpaired) electrons. The Bertz CT molecular complexity index is 1760. The first kappa shape index (κ1) is 89.1. The molecule has 6 atom stereocenters. The van der Waals surface area contributed by atoms with Gasteiger partial charge in [-0.25, -0.2) is 9.13 Å². The van der Waals surface area contributed by atoms with Crippen LogP contribution in [0.25, 0.3) is 0 Å². The number of phosphoric ester groups is 2. The van der Waals surface area contributed by atoms with Crippen LogP contribution in [0.15, 0.2) is 0 Å². The highest BCUT2D eigenvalue weighted by Gasteiger charge is 2.30. The van der Waals surface area contributed by atoms with Gasteiger partial charge in [0.1, 0.15) is 19.3 Å². The molecule has 0 heterocycles. The van der Waals surface area contributed by atoms with E-state index in [2.05, 4.69) is 34.6 Å². The van der Waals surface area contributed by atoms with Crippen molar-refractivity contribution >= 4 is 39.5 Å². The fourth-order valence-corrected chi connectivity index (χ4v) is 12.5. The van der Waals surface area contributed by atoms with Crippen LogP contribution in [0.1, 0.15) is 375 Å². The van der Waals surface area contributed by atoms with Gasteiger partial charge in [-0.05, 0) is 31.6 Å². The van der Waals surface area contributed by atoms with E-state index in [0.717, 1.165) is 102 Å². The minimum Gasteiger partial charge on any atom is -0.462 e. The molecule has 0 aromatic carbocycles. The summed E-state index contributed by atoms with van der Waals surface area (Å²) in [5, 5.41) is 10.6. The number of phosphoric acid groups is 2. The Morgan fingerprint density at radius 2 is 0.527 bits per heavy atom. The largest absolute Gasteiger partial charge is 0.472 e. The lowest BCUT2D eigenvalue weighted by Crippen LogP contribution is -2.30. The highest BCUT2D eigenvalue weighted by atomic mass is 31.2. The molecule has 0 aliphatic carbocycles. The van der Waals surface area contributed by atoms with Gasteiger partial charge in [-0.2, -0.15) is 0 Å². The van der Waals surface area contributed by atoms with Gasteiger partial charge >= 0.3 is 39.5 Å². The number of hydrogen-bond donors (Lipinski definition) is 3. The molecule has 0 aliphatic heterocycles. The lowest BCUT2D eigenvalue weighted by Gasteiger charge is -2.21. The molecule has 0 rings (SSSR count). The molecule has 0 aliphatic rings. The molecule has 3 N–H and O–H groups in total. The van der Waals surface area contributed by atoms with Crippen molar-refractivity contribution in [1.82, 2.24) is 0 Å². The summed E-state index contributed by atoms with van der Waals surface area (Å²) in [6.07, 6.45) is 53.0. The minimum absolute atomic E-state index is 0.106. The Labute approximate surface area is 556 Å². The first-order chi connectivity index (χ1) is 44.1. The highest BCUT2D eigenvalue weighted by Crippen LogP contribution is 2.45. The zero-order valence-corrected chi connectivity index (χ0v) is 60.8. The second kappa shape index (κ2) is 65.4. The van der Waals surface area contributed by atoms with Crippen molar-refractivity contribution < 1.29 is 80.2 Å². The quantitative estimate of drug-likeness (QED) is 0.0222. The molecule has 540 valence electrons. The van der Waals surface area contributed by atoms with Crippen LogP contribution in [0.3, 0.4) is 0 Å². The molecule has 17 nitrogen and oxygen atoms in total. The second-order valence-electron chi connectivity index (χ2n) is 26.2. The highest BCUT2D eigenvalue weighted by molar-refractivity contribution is 7.47. The Morgan fingerprint density at radius 3 is 0.780 bits per heavy atom. The molecule has 0 aromatic rings. The number of unbranched alkanes of at least 4 members (excludes halogenated alkanes) is 43. The minimum atomic E-state index is -4.95. The van der Waals surface area contributed by atoms with E-state index in [0.29, 0.717) is 25.7 Å². The van der Waals surface area contributed by atoms with E-state index in [1.165, 1.54) is 193 Å². The van der Waals surface area contributed by atoms with E-state index >= 15 is 0 Å². The van der Waals surface area contributed by atoms with Crippen molar-refractivity contribution in [3.8, 4) is 0 Å². The van der Waals surface area contributed by atoms with Crippen molar-refractivity contribution in [2.75, 3.05) is 39.6 Å². The summed E-state index contributed by atoms with van der Waals surface area (Å²) >= 11 is 0. The fraction of sp³-hybridized carbons (Fsp3) is 0.944. The Hall–Kier alpha value is -1.94. The average molecular weight is 1340 g/mol. The number of aliphatic hydroxyl groups is 1. The van der Waals surface area contributed by atoms with Gasteiger partial charge in [0.2, 0.25) is 0 Å². The molecule has 91 heavy (non-hydrogen) atoms. The van der Waals surface area contributed by atoms with Crippen LogP contribution in [0.2, 0.25) is 0 Å². The van der Waals surface area contributed by atoms with Gasteiger partial charge in [-0.15, -0.1) is 0 Å². The van der Waals surface area contributed by atoms with Crippen molar-refractivity contribution in [3.63, 3.8) is 0 Å². The van der Waals surface area contributed by atoms with Gasteiger partial charge in [0.05, 0.1) is 26.4 Å². The molecule has 3 unspecified atom stereocenters. The zero-order chi connectivity index (χ0) is 67.0. The maximum absolute atomic E-state index is 13.0. The van der Waals surface area contributed by atoms with Crippen LogP contribution in [-0.4, -0.2) is 96.7 Å². The van der Waals surface area contributed by atoms with Gasteiger partial charge in [-0.1, -0.05) is 324 Å². The van der Waals surface area contributed by atoms with Gasteiger partial charge < -0.3 is 33.8 Å². The van der Waals surface area contributed by atoms with E-state index in [9.17, 15) is 43.2 Å². The summed E-state index contributed by atoms with van der Waals surface area (Å²) in [7, 11) is -9.89. The van der Waals surface area contributed by atoms with Crippen LogP contribution in [0, 0.1) is 5.92 Å². The third-order valence-electron chi connectivity index (χ3n) is 17.1. The number of ether oxygens (including phenoxy) is 4. The molecule has 0 amide bonds. The third kappa shape index (κ3) is 65.1. The third-order valence-corrected chi connectivity index (χ3v) is 19.0. The predicted octanol–water partition coefficient (Wildman–Crippen LogP) is 20.9. The number of carbonyl (C=O) groups excluding carboxylic acids is 4. The average Bonchev–Trinajstić information content (AvgIpc) is 3.39. The van der Waals surface area contributed by atoms with E-state index in [-0.39, 0.29) is 25.7 Å². The lowest BCUT2D eigenvalue weighted by atomic mass is 9.99. The molecule has 0 aromatic heterocycles. The predicted molar refractivity (Wildman–Crippen MR) is 368 cm³/mol. The van der Waals surface area contributed by atoms with Gasteiger partial charge in [0.25, 0.3) is 0 Å². The summed E-state index contributed by atoms with van der Waals surface area (Å²) in [5.74, 6) is -1.28. The SMILES string of the molecule is CCCCCCCCCCCCCCCCCCCC(=O)OC[C@H](COP(=O)(O)OC[C@@H](O)COP(=O)(O)OC[C@@H](COC(=O)CCCCCCC)OC(=O)CCCCCCCCCCCCC)OC(=O)CCCCCCCCCCCCCCCCC(C)CC. The van der Waals surface area contributed by atoms with E-state index < -0.39 is 97.5 Å². The van der Waals surface area contributed by atoms with E-state index in [1.54, 1.807) is 0 Å². The smallest absolute Gasteiger partial charge is 0.462 e. The van der Waals surface area contributed by atoms with Crippen molar-refractivity contribution in [2.45, 2.75) is 393 Å². The van der Waals surface area contributed by atoms with Gasteiger partial charge in [0.15, 0.2) is 12.2 Å². The number of rotatable bonds is 72. The lowest BCUT2D eigenvalue weighted by molar-refractivity contribution is -0.161. The van der Waals surface area contributed by atoms with Crippen molar-refractivity contribution in [1.29, 1.82) is 0 Å². The summed E-state index contributed by atoms with van der Waals surface area (Å²) in [5.41, 5.74) is 0. The molecular formula is C72H140O17P2. The molecule has 0 spiro atoms. The molecule has 0 bridgehead atoms. The van der Waals surface area contributed by atoms with Gasteiger partial charge in [-0.3, -0.25) is 37.3 Å². The fourth-order valence-electron chi connectivity index (χ4n) is 11.0. The topological polar surface area (TPSA) is 237 Å². The van der Waals surface area contributed by atoms with E-state index in [1.807, 2.05) is 0 Å². The summed E-state index contributed by atoms with van der Waals surface area (Å²) < 4.78 is 68.1. The van der Waals surface area contributed by atoms with Gasteiger partial charge in [0, 0.05) is 25.7 Å². The maximum Gasteiger partial charge on any atom is 0.472 e. The summed E-state index contributed by atoms with van der Waals surface area (Å²) in [4.78, 5) is 72.3. The second-order valence-corrected chi connectivity index (χ2v) is 29.1. The Balaban J connectivity index is 5.15. The van der Waals surface area contributed by atoms with Crippen LogP contribution in [-0.2, 0) is 65.4 Å². The number of hydrogen-bond acceptors (Lipinski definition) is 15. The van der Waals surface area contributed by atoms with Crippen molar-refractivity contribution in [3.05, 3.63) is 0 Å². The van der Waals surface area contributed by atoms with Crippen molar-refractivity contribution in [2.24, 2.45) is 5.92 Å². The number of esters is 4. The molecule has 0 saturated heterocycles. The summed E-state index contributed by atoms with van der Waals surface area (Å²) in [6.45, 7) is 7.23. The van der Waals surface area contributed by atoms with E-state index in [4.69, 9.17) is 37.0 Å². The summed E-state index contributed by atoms with van der Waals surface area (Å²) in [6, 6.07) is 0. The van der Waals surface area contributed by atoms with Crippen LogP contribution in [0.4, 0.5) is 0 Å². The Morgan fingerprint density at radius 1 is 0.308 bits per heavy atom. The van der Waals surface area contributed by atoms with Crippen LogP contribution in [0.5, 0.6) is 0 Å². The normalized spacial score (nSPS) is 14.3. The maximum atomic E-state index is 13.0. The molecule has 0 fully saturated rings. The molecule has 19 heteroatoms. The standard InChI is InChI=1S/C72H140O17P2/c1-6-10-13-16-18-20-22-23-24-25-26-30-34-37-41-46-51-56-70(75)83-62-68(89-72(77)58-53-48-43-39-35-31-28-27-29-33-36-40-45-49-54-65(5)9-4)64-87-91(80,81)85-60-66(73)59-84-90(78,79)86-63-67(61-82-69(74)55-50-44-15-12-8-3)88-71(76)57-52-47-42-38-32-21-19-17-14-11-7-2/h65-68,73H,6-64H2,1-5H3,(H,78,79)(H,80,81)/t65?,66-,67+,68+/m0/s1. The zero-order valence-electron chi connectivity index (χ0n) is 59.0. The first-order valence-corrected chi connectivity index (χ1v) is 40.7. The van der Waals surface area contributed by atoms with Crippen LogP contribution < -0.4 is 0 Å².